The van der Waals surface area contributed by atoms with Gasteiger partial charge in [0.1, 0.15) is 17.7 Å². The summed E-state index contributed by atoms with van der Waals surface area (Å²) in [5, 5.41) is 6.05. The molecule has 1 aliphatic rings. The van der Waals surface area contributed by atoms with Gasteiger partial charge >= 0.3 is 6.09 Å². The molecule has 1 aliphatic carbocycles. The minimum atomic E-state index is -0.813. The minimum absolute atomic E-state index is 0.127. The molecule has 2 atom stereocenters. The van der Waals surface area contributed by atoms with Crippen molar-refractivity contribution >= 4 is 17.9 Å². The van der Waals surface area contributed by atoms with Gasteiger partial charge in [-0.2, -0.15) is 0 Å². The van der Waals surface area contributed by atoms with Crippen molar-refractivity contribution in [3.63, 3.8) is 0 Å². The van der Waals surface area contributed by atoms with Crippen molar-refractivity contribution < 1.29 is 19.1 Å². The van der Waals surface area contributed by atoms with Crippen molar-refractivity contribution in [2.45, 2.75) is 124 Å². The van der Waals surface area contributed by atoms with Crippen molar-refractivity contribution in [2.24, 2.45) is 5.92 Å². The molecular weight excluding hydrogens is 466 g/mol. The van der Waals surface area contributed by atoms with E-state index in [1.54, 1.807) is 25.7 Å². The summed E-state index contributed by atoms with van der Waals surface area (Å²) >= 11 is 0. The smallest absolute Gasteiger partial charge is 0.408 e. The van der Waals surface area contributed by atoms with E-state index in [9.17, 15) is 14.4 Å². The van der Waals surface area contributed by atoms with Crippen LogP contribution in [0.5, 0.6) is 0 Å². The summed E-state index contributed by atoms with van der Waals surface area (Å²) in [5.41, 5.74) is 1.19. The third kappa shape index (κ3) is 10.0. The Morgan fingerprint density at radius 3 is 2.19 bits per heavy atom. The summed E-state index contributed by atoms with van der Waals surface area (Å²) in [5.74, 6) is -0.601. The average molecular weight is 516 g/mol. The Morgan fingerprint density at radius 1 is 1.03 bits per heavy atom. The van der Waals surface area contributed by atoms with E-state index in [0.717, 1.165) is 56.1 Å². The molecule has 2 rings (SSSR count). The first-order chi connectivity index (χ1) is 17.4. The summed E-state index contributed by atoms with van der Waals surface area (Å²) in [4.78, 5) is 42.3. The number of nitrogens with zero attached hydrogens (tertiary/aromatic N) is 1. The van der Waals surface area contributed by atoms with Gasteiger partial charge in [0.15, 0.2) is 0 Å². The summed E-state index contributed by atoms with van der Waals surface area (Å²) in [6, 6.07) is 6.37. The van der Waals surface area contributed by atoms with Crippen molar-refractivity contribution in [1.29, 1.82) is 0 Å². The Hall–Kier alpha value is -2.57. The molecule has 208 valence electrons. The highest BCUT2D eigenvalue weighted by Crippen LogP contribution is 2.27. The molecule has 7 nitrogen and oxygen atoms in total. The molecule has 0 bridgehead atoms. The van der Waals surface area contributed by atoms with E-state index in [4.69, 9.17) is 4.74 Å². The van der Waals surface area contributed by atoms with Gasteiger partial charge in [-0.1, -0.05) is 82.7 Å². The second-order valence-electron chi connectivity index (χ2n) is 11.8. The molecule has 2 N–H and O–H groups in total. The summed E-state index contributed by atoms with van der Waals surface area (Å²) in [7, 11) is 0. The predicted molar refractivity (Wildman–Crippen MR) is 148 cm³/mol. The van der Waals surface area contributed by atoms with Crippen molar-refractivity contribution in [3.8, 4) is 0 Å². The molecule has 37 heavy (non-hydrogen) atoms. The van der Waals surface area contributed by atoms with Gasteiger partial charge in [0, 0.05) is 12.6 Å². The van der Waals surface area contributed by atoms with Crippen LogP contribution in [0.1, 0.15) is 110 Å². The lowest BCUT2D eigenvalue weighted by Gasteiger charge is -2.36. The monoisotopic (exact) mass is 515 g/mol. The number of alkyl carbamates (subject to hydrolysis) is 1. The van der Waals surface area contributed by atoms with Crippen LogP contribution in [-0.4, -0.2) is 47.0 Å². The number of nitrogens with one attached hydrogen (secondary N) is 2. The number of rotatable bonds is 11. The van der Waals surface area contributed by atoms with Gasteiger partial charge in [0.05, 0.1) is 0 Å². The zero-order valence-electron chi connectivity index (χ0n) is 24.1. The topological polar surface area (TPSA) is 87.7 Å². The standard InChI is InChI=1S/C30H49N3O4/c1-8-9-13-20-33(28(35)25(21(2)3)32-29(36)37-30(5,6)7)26(23-18-16-22(4)17-19-23)27(34)31-24-14-11-10-12-15-24/h16-19,21,24-26H,8-15,20H2,1-7H3,(H,31,34)(H,32,36). The Labute approximate surface area is 224 Å². The number of unbranched alkanes of at least 4 members (excludes halogenated alkanes) is 2. The number of aryl methyl sites for hydroxylation is 1. The highest BCUT2D eigenvalue weighted by molar-refractivity contribution is 5.92. The molecule has 7 heteroatoms. The fraction of sp³-hybridized carbons (Fsp3) is 0.700. The molecule has 1 fully saturated rings. The van der Waals surface area contributed by atoms with Crippen LogP contribution in [0.25, 0.3) is 0 Å². The van der Waals surface area contributed by atoms with E-state index < -0.39 is 23.8 Å². The van der Waals surface area contributed by atoms with Crippen LogP contribution in [0, 0.1) is 12.8 Å². The lowest BCUT2D eigenvalue weighted by Crippen LogP contribution is -2.55. The first kappa shape index (κ1) is 30.7. The second kappa shape index (κ2) is 14.4. The maximum Gasteiger partial charge on any atom is 0.408 e. The van der Waals surface area contributed by atoms with Crippen LogP contribution in [0.15, 0.2) is 24.3 Å². The van der Waals surface area contributed by atoms with Gasteiger partial charge < -0.3 is 20.3 Å². The zero-order valence-corrected chi connectivity index (χ0v) is 24.1. The molecule has 1 saturated carbocycles. The van der Waals surface area contributed by atoms with Crippen LogP contribution in [0.4, 0.5) is 4.79 Å². The number of amides is 3. The SMILES string of the molecule is CCCCCN(C(=O)C(NC(=O)OC(C)(C)C)C(C)C)C(C(=O)NC1CCCCC1)c1ccc(C)cc1. The highest BCUT2D eigenvalue weighted by atomic mass is 16.6. The molecule has 3 amide bonds. The third-order valence-corrected chi connectivity index (χ3v) is 6.80. The quantitative estimate of drug-likeness (QED) is 0.351. The summed E-state index contributed by atoms with van der Waals surface area (Å²) < 4.78 is 5.45. The fourth-order valence-corrected chi connectivity index (χ4v) is 4.77. The van der Waals surface area contributed by atoms with Crippen LogP contribution in [0.3, 0.4) is 0 Å². The normalized spacial score (nSPS) is 16.1. The van der Waals surface area contributed by atoms with Gasteiger partial charge in [-0.05, 0) is 58.4 Å². The number of hydrogen-bond acceptors (Lipinski definition) is 4. The van der Waals surface area contributed by atoms with E-state index in [1.165, 1.54) is 6.42 Å². The molecule has 0 aromatic heterocycles. The first-order valence-corrected chi connectivity index (χ1v) is 14.1. The van der Waals surface area contributed by atoms with Crippen LogP contribution in [-0.2, 0) is 14.3 Å². The molecule has 0 saturated heterocycles. The Kier molecular flexibility index (Phi) is 11.9. The molecule has 0 aliphatic heterocycles. The van der Waals surface area contributed by atoms with Crippen molar-refractivity contribution in [2.75, 3.05) is 6.54 Å². The molecular formula is C30H49N3O4. The second-order valence-corrected chi connectivity index (χ2v) is 11.8. The number of benzene rings is 1. The Bertz CT molecular complexity index is 870. The number of carbonyl (C=O) groups is 3. The van der Waals surface area contributed by atoms with Crippen LogP contribution >= 0.6 is 0 Å². The van der Waals surface area contributed by atoms with Crippen LogP contribution in [0.2, 0.25) is 0 Å². The van der Waals surface area contributed by atoms with E-state index in [-0.39, 0.29) is 23.8 Å². The van der Waals surface area contributed by atoms with Gasteiger partial charge in [-0.25, -0.2) is 4.79 Å². The van der Waals surface area contributed by atoms with Crippen molar-refractivity contribution in [1.82, 2.24) is 15.5 Å². The first-order valence-electron chi connectivity index (χ1n) is 14.1. The van der Waals surface area contributed by atoms with E-state index >= 15 is 0 Å². The molecule has 2 unspecified atom stereocenters. The number of hydrogen-bond donors (Lipinski definition) is 2. The maximum atomic E-state index is 14.1. The molecule has 0 radical (unpaired) electrons. The largest absolute Gasteiger partial charge is 0.444 e. The minimum Gasteiger partial charge on any atom is -0.444 e. The van der Waals surface area contributed by atoms with E-state index in [1.807, 2.05) is 45.0 Å². The predicted octanol–water partition coefficient (Wildman–Crippen LogP) is 6.05. The lowest BCUT2D eigenvalue weighted by atomic mass is 9.94. The summed E-state index contributed by atoms with van der Waals surface area (Å²) in [6.07, 6.45) is 7.42. The molecule has 0 spiro atoms. The summed E-state index contributed by atoms with van der Waals surface area (Å²) in [6.45, 7) is 13.7. The number of carbonyl (C=O) groups excluding carboxylic acids is 3. The molecule has 1 aromatic carbocycles. The number of ether oxygens (including phenoxy) is 1. The average Bonchev–Trinajstić information content (AvgIpc) is 2.82. The molecule has 1 aromatic rings. The third-order valence-electron chi connectivity index (χ3n) is 6.80. The van der Waals surface area contributed by atoms with Gasteiger partial charge in [-0.3, -0.25) is 9.59 Å². The van der Waals surface area contributed by atoms with E-state index in [0.29, 0.717) is 6.54 Å². The van der Waals surface area contributed by atoms with Gasteiger partial charge in [0.2, 0.25) is 11.8 Å². The van der Waals surface area contributed by atoms with Crippen LogP contribution < -0.4 is 10.6 Å². The fourth-order valence-electron chi connectivity index (χ4n) is 4.77. The zero-order chi connectivity index (χ0) is 27.6. The highest BCUT2D eigenvalue weighted by Gasteiger charge is 2.37. The Morgan fingerprint density at radius 2 is 1.65 bits per heavy atom. The van der Waals surface area contributed by atoms with Gasteiger partial charge in [-0.15, -0.1) is 0 Å². The lowest BCUT2D eigenvalue weighted by molar-refractivity contribution is -0.143. The van der Waals surface area contributed by atoms with E-state index in [2.05, 4.69) is 17.6 Å². The maximum absolute atomic E-state index is 14.1. The van der Waals surface area contributed by atoms with Gasteiger partial charge in [0.25, 0.3) is 0 Å². The molecule has 0 heterocycles. The van der Waals surface area contributed by atoms with Crippen molar-refractivity contribution in [3.05, 3.63) is 35.4 Å². The Balaban J connectivity index is 2.43.